The zero-order chi connectivity index (χ0) is 11.8. The first-order valence-electron chi connectivity index (χ1n) is 5.92. The van der Waals surface area contributed by atoms with Crippen molar-refractivity contribution in [1.82, 2.24) is 0 Å². The van der Waals surface area contributed by atoms with Gasteiger partial charge in [-0.3, -0.25) is 0 Å². The van der Waals surface area contributed by atoms with E-state index < -0.39 is 0 Å². The first-order valence-corrected chi connectivity index (χ1v) is 5.92. The molecular formula is C14H24O. The lowest BCUT2D eigenvalue weighted by molar-refractivity contribution is 0.336. The summed E-state index contributed by atoms with van der Waals surface area (Å²) in [4.78, 5) is 0. The third-order valence-corrected chi connectivity index (χ3v) is 2.23. The molecular weight excluding hydrogens is 184 g/mol. The summed E-state index contributed by atoms with van der Waals surface area (Å²) < 4.78 is 5.59. The largest absolute Gasteiger partial charge is 0.494 e. The number of ether oxygens (including phenoxy) is 1. The molecule has 0 radical (unpaired) electrons. The predicted octanol–water partition coefficient (Wildman–Crippen LogP) is 4.29. The highest BCUT2D eigenvalue weighted by molar-refractivity contribution is 5.42. The second-order valence-corrected chi connectivity index (χ2v) is 3.35. The van der Waals surface area contributed by atoms with Crippen molar-refractivity contribution >= 4 is 0 Å². The highest BCUT2D eigenvalue weighted by Crippen LogP contribution is 2.24. The van der Waals surface area contributed by atoms with Crippen LogP contribution in [0.2, 0.25) is 0 Å². The maximum atomic E-state index is 5.59. The summed E-state index contributed by atoms with van der Waals surface area (Å²) in [7, 11) is 0. The van der Waals surface area contributed by atoms with Gasteiger partial charge in [0, 0.05) is 0 Å². The third-order valence-electron chi connectivity index (χ3n) is 2.23. The molecule has 0 N–H and O–H groups in total. The van der Waals surface area contributed by atoms with E-state index in [1.807, 2.05) is 20.8 Å². The van der Waals surface area contributed by atoms with Crippen LogP contribution in [-0.4, -0.2) is 6.61 Å². The van der Waals surface area contributed by atoms with Crippen LogP contribution in [0.5, 0.6) is 5.75 Å². The molecule has 0 bridgehead atoms. The molecule has 0 saturated carbocycles. The van der Waals surface area contributed by atoms with E-state index in [-0.39, 0.29) is 0 Å². The van der Waals surface area contributed by atoms with Crippen LogP contribution in [0.1, 0.15) is 44.4 Å². The van der Waals surface area contributed by atoms with E-state index in [2.05, 4.69) is 32.9 Å². The van der Waals surface area contributed by atoms with Crippen molar-refractivity contribution in [2.75, 3.05) is 6.61 Å². The molecule has 0 atom stereocenters. The fourth-order valence-electron chi connectivity index (χ4n) is 1.70. The van der Waals surface area contributed by atoms with Gasteiger partial charge in [-0.1, -0.05) is 26.8 Å². The first-order chi connectivity index (χ1) is 7.19. The molecule has 0 spiro atoms. The number of rotatable bonds is 3. The molecule has 0 aromatic heterocycles. The van der Waals surface area contributed by atoms with Crippen molar-refractivity contribution in [1.29, 1.82) is 0 Å². The van der Waals surface area contributed by atoms with Crippen molar-refractivity contribution < 1.29 is 4.74 Å². The van der Waals surface area contributed by atoms with Crippen LogP contribution < -0.4 is 4.74 Å². The average Bonchev–Trinajstić information content (AvgIpc) is 2.21. The number of hydrogen-bond acceptors (Lipinski definition) is 1. The second kappa shape index (κ2) is 7.33. The maximum Gasteiger partial charge on any atom is 0.122 e. The third kappa shape index (κ3) is 3.94. The van der Waals surface area contributed by atoms with E-state index in [1.165, 1.54) is 16.7 Å². The Balaban J connectivity index is 0.000000921. The van der Waals surface area contributed by atoms with Crippen molar-refractivity contribution in [3.05, 3.63) is 28.8 Å². The molecule has 1 aromatic rings. The van der Waals surface area contributed by atoms with Crippen LogP contribution in [0.3, 0.4) is 0 Å². The summed E-state index contributed by atoms with van der Waals surface area (Å²) in [6.45, 7) is 13.2. The Morgan fingerprint density at radius 2 is 1.67 bits per heavy atom. The molecule has 0 unspecified atom stereocenters. The molecule has 0 aliphatic rings. The minimum absolute atomic E-state index is 0.746. The second-order valence-electron chi connectivity index (χ2n) is 3.35. The Hall–Kier alpha value is -0.980. The van der Waals surface area contributed by atoms with E-state index in [9.17, 15) is 0 Å². The van der Waals surface area contributed by atoms with Crippen LogP contribution in [0.25, 0.3) is 0 Å². The molecule has 0 aliphatic carbocycles. The van der Waals surface area contributed by atoms with Crippen molar-refractivity contribution in [3.8, 4) is 5.75 Å². The zero-order valence-corrected chi connectivity index (χ0v) is 11.0. The summed E-state index contributed by atoms with van der Waals surface area (Å²) in [5, 5.41) is 0. The summed E-state index contributed by atoms with van der Waals surface area (Å²) in [6, 6.07) is 4.33. The minimum Gasteiger partial charge on any atom is -0.494 e. The summed E-state index contributed by atoms with van der Waals surface area (Å²) in [5.41, 5.74) is 3.96. The van der Waals surface area contributed by atoms with E-state index in [1.54, 1.807) is 0 Å². The van der Waals surface area contributed by atoms with Gasteiger partial charge in [-0.2, -0.15) is 0 Å². The SMILES string of the molecule is CC.CCOc1cc(C)cc(C)c1CC. The molecule has 86 valence electrons. The summed E-state index contributed by atoms with van der Waals surface area (Å²) >= 11 is 0. The quantitative estimate of drug-likeness (QED) is 0.720. The van der Waals surface area contributed by atoms with E-state index in [0.717, 1.165) is 18.8 Å². The normalized spacial score (nSPS) is 9.20. The summed E-state index contributed by atoms with van der Waals surface area (Å²) in [5.74, 6) is 1.06. The fourth-order valence-corrected chi connectivity index (χ4v) is 1.70. The van der Waals surface area contributed by atoms with E-state index >= 15 is 0 Å². The molecule has 0 amide bonds. The van der Waals surface area contributed by atoms with Crippen molar-refractivity contribution in [2.45, 2.75) is 48.0 Å². The Morgan fingerprint density at radius 3 is 2.13 bits per heavy atom. The highest BCUT2D eigenvalue weighted by atomic mass is 16.5. The van der Waals surface area contributed by atoms with Gasteiger partial charge in [0.05, 0.1) is 6.61 Å². The number of aryl methyl sites for hydroxylation is 2. The van der Waals surface area contributed by atoms with E-state index in [4.69, 9.17) is 4.74 Å². The standard InChI is InChI=1S/C12H18O.C2H6/c1-5-11-10(4)7-9(3)8-12(11)13-6-2;1-2/h7-8H,5-6H2,1-4H3;1-2H3. The number of hydrogen-bond donors (Lipinski definition) is 0. The van der Waals surface area contributed by atoms with Gasteiger partial charge in [-0.25, -0.2) is 0 Å². The highest BCUT2D eigenvalue weighted by Gasteiger charge is 2.05. The monoisotopic (exact) mass is 208 g/mol. The first kappa shape index (κ1) is 14.0. The lowest BCUT2D eigenvalue weighted by atomic mass is 10.0. The van der Waals surface area contributed by atoms with Gasteiger partial charge < -0.3 is 4.74 Å². The Kier molecular flexibility index (Phi) is 6.85. The predicted molar refractivity (Wildman–Crippen MR) is 67.8 cm³/mol. The Labute approximate surface area is 94.5 Å². The van der Waals surface area contributed by atoms with Crippen LogP contribution in [0.15, 0.2) is 12.1 Å². The Morgan fingerprint density at radius 1 is 1.07 bits per heavy atom. The molecule has 15 heavy (non-hydrogen) atoms. The van der Waals surface area contributed by atoms with Crippen LogP contribution in [-0.2, 0) is 6.42 Å². The summed E-state index contributed by atoms with van der Waals surface area (Å²) in [6.07, 6.45) is 1.04. The van der Waals surface area contributed by atoms with Gasteiger partial charge in [0.25, 0.3) is 0 Å². The van der Waals surface area contributed by atoms with Gasteiger partial charge in [0.15, 0.2) is 0 Å². The topological polar surface area (TPSA) is 9.23 Å². The Bertz CT molecular complexity index is 290. The van der Waals surface area contributed by atoms with Crippen LogP contribution in [0.4, 0.5) is 0 Å². The van der Waals surface area contributed by atoms with Crippen molar-refractivity contribution in [3.63, 3.8) is 0 Å². The van der Waals surface area contributed by atoms with Gasteiger partial charge in [0.2, 0.25) is 0 Å². The van der Waals surface area contributed by atoms with Crippen LogP contribution >= 0.6 is 0 Å². The van der Waals surface area contributed by atoms with Gasteiger partial charge in [0.1, 0.15) is 5.75 Å². The van der Waals surface area contributed by atoms with Gasteiger partial charge in [-0.15, -0.1) is 0 Å². The van der Waals surface area contributed by atoms with Gasteiger partial charge >= 0.3 is 0 Å². The molecule has 0 aliphatic heterocycles. The molecule has 1 rings (SSSR count). The molecule has 0 saturated heterocycles. The molecule has 0 heterocycles. The van der Waals surface area contributed by atoms with Gasteiger partial charge in [-0.05, 0) is 49.9 Å². The lowest BCUT2D eigenvalue weighted by Gasteiger charge is -2.12. The zero-order valence-electron chi connectivity index (χ0n) is 11.0. The minimum atomic E-state index is 0.746. The molecule has 1 nitrogen and oxygen atoms in total. The van der Waals surface area contributed by atoms with E-state index in [0.29, 0.717) is 0 Å². The van der Waals surface area contributed by atoms with Crippen molar-refractivity contribution in [2.24, 2.45) is 0 Å². The fraction of sp³-hybridized carbons (Fsp3) is 0.571. The maximum absolute atomic E-state index is 5.59. The molecule has 1 aromatic carbocycles. The molecule has 0 fully saturated rings. The molecule has 1 heteroatoms. The lowest BCUT2D eigenvalue weighted by Crippen LogP contribution is -1.98. The smallest absolute Gasteiger partial charge is 0.122 e. The number of benzene rings is 1. The van der Waals surface area contributed by atoms with Crippen LogP contribution in [0, 0.1) is 13.8 Å². The average molecular weight is 208 g/mol.